The van der Waals surface area contributed by atoms with Crippen molar-refractivity contribution in [1.29, 1.82) is 0 Å². The minimum Gasteiger partial charge on any atom is -0.507 e. The van der Waals surface area contributed by atoms with E-state index in [2.05, 4.69) is 25.0 Å². The second kappa shape index (κ2) is 10.4. The van der Waals surface area contributed by atoms with E-state index in [1.54, 1.807) is 30.3 Å². The molecule has 140 valence electrons. The molecule has 0 heterocycles. The van der Waals surface area contributed by atoms with E-state index in [1.165, 1.54) is 19.2 Å². The maximum absolute atomic E-state index is 11.6. The Bertz CT molecular complexity index is 845. The van der Waals surface area contributed by atoms with Crippen LogP contribution in [-0.4, -0.2) is 31.3 Å². The summed E-state index contributed by atoms with van der Waals surface area (Å²) in [5.74, 6) is -0.123. The third-order valence-electron chi connectivity index (χ3n) is 3.49. The van der Waals surface area contributed by atoms with Crippen LogP contribution in [0.5, 0.6) is 11.5 Å². The van der Waals surface area contributed by atoms with Gasteiger partial charge in [0.05, 0.1) is 25.1 Å². The molecule has 0 aliphatic rings. The van der Waals surface area contributed by atoms with Crippen molar-refractivity contribution in [2.45, 2.75) is 12.8 Å². The van der Waals surface area contributed by atoms with E-state index < -0.39 is 5.97 Å². The summed E-state index contributed by atoms with van der Waals surface area (Å²) in [5.41, 5.74) is 9.23. The molecule has 1 N–H and O–H groups in total. The molecule has 0 radical (unpaired) electrons. The Labute approximate surface area is 155 Å². The Morgan fingerprint density at radius 2 is 1.81 bits per heavy atom. The van der Waals surface area contributed by atoms with Gasteiger partial charge in [0.15, 0.2) is 0 Å². The molecular formula is C18H19N5O4. The first-order valence-corrected chi connectivity index (χ1v) is 8.21. The number of phenolic OH excluding ortho intramolecular Hbond substituents is 1. The zero-order valence-electron chi connectivity index (χ0n) is 14.8. The minimum atomic E-state index is -0.648. The first kappa shape index (κ1) is 19.7. The zero-order chi connectivity index (χ0) is 19.5. The molecule has 2 aromatic rings. The van der Waals surface area contributed by atoms with Crippen molar-refractivity contribution in [3.05, 3.63) is 58.5 Å². The largest absolute Gasteiger partial charge is 0.507 e. The second-order valence-corrected chi connectivity index (χ2v) is 5.40. The third kappa shape index (κ3) is 6.33. The van der Waals surface area contributed by atoms with Gasteiger partial charge in [-0.25, -0.2) is 4.79 Å². The first-order valence-electron chi connectivity index (χ1n) is 8.21. The number of carbonyl (C=O) groups excluding carboxylic acids is 1. The van der Waals surface area contributed by atoms with E-state index in [0.29, 0.717) is 30.3 Å². The first-order chi connectivity index (χ1) is 13.1. The number of hydrogen-bond acceptors (Lipinski definition) is 7. The summed E-state index contributed by atoms with van der Waals surface area (Å²) in [7, 11) is 1.24. The highest BCUT2D eigenvalue weighted by Gasteiger charge is 2.11. The number of azide groups is 1. The van der Waals surface area contributed by atoms with Gasteiger partial charge in [-0.15, -0.1) is 0 Å². The van der Waals surface area contributed by atoms with Gasteiger partial charge in [0.25, 0.3) is 0 Å². The lowest BCUT2D eigenvalue weighted by Gasteiger charge is -2.05. The Morgan fingerprint density at radius 3 is 2.52 bits per heavy atom. The lowest BCUT2D eigenvalue weighted by molar-refractivity contribution is 0.0597. The monoisotopic (exact) mass is 369 g/mol. The van der Waals surface area contributed by atoms with Crippen LogP contribution in [-0.2, 0) is 4.74 Å². The third-order valence-corrected chi connectivity index (χ3v) is 3.49. The fraction of sp³-hybridized carbons (Fsp3) is 0.278. The van der Waals surface area contributed by atoms with Gasteiger partial charge >= 0.3 is 5.97 Å². The Hall–Kier alpha value is -3.58. The van der Waals surface area contributed by atoms with Crippen molar-refractivity contribution in [3.63, 3.8) is 0 Å². The van der Waals surface area contributed by atoms with Crippen molar-refractivity contribution >= 4 is 17.3 Å². The van der Waals surface area contributed by atoms with Gasteiger partial charge in [0, 0.05) is 11.5 Å². The van der Waals surface area contributed by atoms with E-state index in [-0.39, 0.29) is 11.3 Å². The molecule has 9 nitrogen and oxygen atoms in total. The van der Waals surface area contributed by atoms with Gasteiger partial charge in [-0.05, 0) is 60.8 Å². The fourth-order valence-electron chi connectivity index (χ4n) is 2.10. The van der Waals surface area contributed by atoms with Crippen LogP contribution >= 0.6 is 0 Å². The van der Waals surface area contributed by atoms with Crippen LogP contribution in [0, 0.1) is 0 Å². The minimum absolute atomic E-state index is 0.0261. The number of phenols is 1. The SMILES string of the molecule is COC(=O)c1cc(/N=N/c2ccc(OCCCCN=[N+]=[N-])cc2)ccc1O. The number of hydrogen-bond donors (Lipinski definition) is 1. The lowest BCUT2D eigenvalue weighted by atomic mass is 10.2. The molecule has 0 saturated heterocycles. The van der Waals surface area contributed by atoms with Crippen LogP contribution in [0.2, 0.25) is 0 Å². The zero-order valence-corrected chi connectivity index (χ0v) is 14.8. The van der Waals surface area contributed by atoms with E-state index >= 15 is 0 Å². The normalized spacial score (nSPS) is 10.4. The Morgan fingerprint density at radius 1 is 1.11 bits per heavy atom. The predicted molar refractivity (Wildman–Crippen MR) is 98.8 cm³/mol. The van der Waals surface area contributed by atoms with Gasteiger partial charge in [0.2, 0.25) is 0 Å². The van der Waals surface area contributed by atoms with Crippen molar-refractivity contribution < 1.29 is 19.4 Å². The number of benzene rings is 2. The maximum Gasteiger partial charge on any atom is 0.341 e. The molecule has 0 atom stereocenters. The molecule has 0 bridgehead atoms. The maximum atomic E-state index is 11.6. The van der Waals surface area contributed by atoms with Crippen molar-refractivity contribution in [2.24, 2.45) is 15.3 Å². The van der Waals surface area contributed by atoms with E-state index in [9.17, 15) is 9.90 Å². The standard InChI is InChI=1S/C18H19N5O4/c1-26-18(25)16-12-14(6-9-17(16)24)22-21-13-4-7-15(8-5-13)27-11-3-2-10-20-23-19/h4-9,12,24H,2-3,10-11H2,1H3/b22-21+. The number of carbonyl (C=O) groups is 1. The van der Waals surface area contributed by atoms with Gasteiger partial charge in [0.1, 0.15) is 17.1 Å². The van der Waals surface area contributed by atoms with Crippen LogP contribution < -0.4 is 4.74 Å². The van der Waals surface area contributed by atoms with Crippen LogP contribution in [0.25, 0.3) is 10.4 Å². The molecule has 0 amide bonds. The molecule has 0 aromatic heterocycles. The topological polar surface area (TPSA) is 129 Å². The number of ether oxygens (including phenoxy) is 2. The number of azo groups is 1. The van der Waals surface area contributed by atoms with Crippen LogP contribution in [0.15, 0.2) is 57.8 Å². The molecule has 9 heteroatoms. The quantitative estimate of drug-likeness (QED) is 0.217. The molecule has 0 spiro atoms. The summed E-state index contributed by atoms with van der Waals surface area (Å²) in [5, 5.41) is 21.3. The molecule has 2 rings (SSSR count). The number of esters is 1. The molecule has 27 heavy (non-hydrogen) atoms. The van der Waals surface area contributed by atoms with Crippen molar-refractivity contribution in [1.82, 2.24) is 0 Å². The summed E-state index contributed by atoms with van der Waals surface area (Å²) >= 11 is 0. The number of rotatable bonds is 9. The summed E-state index contributed by atoms with van der Waals surface area (Å²) < 4.78 is 10.2. The fourth-order valence-corrected chi connectivity index (χ4v) is 2.10. The average molecular weight is 369 g/mol. The summed E-state index contributed by atoms with van der Waals surface area (Å²) in [6.45, 7) is 1.000. The molecule has 0 fully saturated rings. The number of unbranched alkanes of at least 4 members (excludes halogenated alkanes) is 1. The van der Waals surface area contributed by atoms with Crippen LogP contribution in [0.1, 0.15) is 23.2 Å². The molecule has 0 unspecified atom stereocenters. The van der Waals surface area contributed by atoms with E-state index in [0.717, 1.165) is 12.8 Å². The molecule has 2 aromatic carbocycles. The van der Waals surface area contributed by atoms with Gasteiger partial charge < -0.3 is 14.6 Å². The number of aromatic hydroxyl groups is 1. The Kier molecular flexibility index (Phi) is 7.62. The molecular weight excluding hydrogens is 350 g/mol. The van der Waals surface area contributed by atoms with Gasteiger partial charge in [-0.3, -0.25) is 0 Å². The molecule has 0 aliphatic heterocycles. The molecule has 0 aliphatic carbocycles. The Balaban J connectivity index is 1.92. The second-order valence-electron chi connectivity index (χ2n) is 5.40. The van der Waals surface area contributed by atoms with Gasteiger partial charge in [-0.2, -0.15) is 10.2 Å². The highest BCUT2D eigenvalue weighted by Crippen LogP contribution is 2.26. The molecule has 0 saturated carbocycles. The number of methoxy groups -OCH3 is 1. The highest BCUT2D eigenvalue weighted by molar-refractivity contribution is 5.93. The summed E-state index contributed by atoms with van der Waals surface area (Å²) in [4.78, 5) is 14.3. The van der Waals surface area contributed by atoms with Crippen molar-refractivity contribution in [2.75, 3.05) is 20.3 Å². The van der Waals surface area contributed by atoms with E-state index in [4.69, 9.17) is 10.3 Å². The smallest absolute Gasteiger partial charge is 0.341 e. The van der Waals surface area contributed by atoms with Crippen LogP contribution in [0.3, 0.4) is 0 Å². The summed E-state index contributed by atoms with van der Waals surface area (Å²) in [6, 6.07) is 11.4. The lowest BCUT2D eigenvalue weighted by Crippen LogP contribution is -2.00. The summed E-state index contributed by atoms with van der Waals surface area (Å²) in [6.07, 6.45) is 1.57. The predicted octanol–water partition coefficient (Wildman–Crippen LogP) is 5.06. The van der Waals surface area contributed by atoms with E-state index in [1.807, 2.05) is 0 Å². The van der Waals surface area contributed by atoms with Crippen LogP contribution in [0.4, 0.5) is 11.4 Å². The highest BCUT2D eigenvalue weighted by atomic mass is 16.5. The average Bonchev–Trinajstić information content (AvgIpc) is 2.70. The van der Waals surface area contributed by atoms with Crippen molar-refractivity contribution in [3.8, 4) is 11.5 Å². The van der Waals surface area contributed by atoms with Gasteiger partial charge in [-0.1, -0.05) is 5.11 Å². The number of nitrogens with zero attached hydrogens (tertiary/aromatic N) is 5.